The van der Waals surface area contributed by atoms with Crippen molar-refractivity contribution in [1.82, 2.24) is 4.98 Å². The molecule has 142 valence electrons. The highest BCUT2D eigenvalue weighted by molar-refractivity contribution is 7.91. The van der Waals surface area contributed by atoms with Crippen LogP contribution in [0.5, 0.6) is 23.1 Å². The minimum absolute atomic E-state index is 0.0698. The number of sulfone groups is 1. The van der Waals surface area contributed by atoms with E-state index in [9.17, 15) is 27.3 Å². The summed E-state index contributed by atoms with van der Waals surface area (Å²) >= 11 is 0. The van der Waals surface area contributed by atoms with Crippen LogP contribution in [0.25, 0.3) is 0 Å². The molecule has 3 aromatic rings. The third kappa shape index (κ3) is 2.72. The molecule has 0 fully saturated rings. The van der Waals surface area contributed by atoms with Crippen LogP contribution in [0.1, 0.15) is 0 Å². The van der Waals surface area contributed by atoms with E-state index in [1.807, 2.05) is 0 Å². The quantitative estimate of drug-likeness (QED) is 0.287. The van der Waals surface area contributed by atoms with Gasteiger partial charge in [0.1, 0.15) is 0 Å². The van der Waals surface area contributed by atoms with Crippen molar-refractivity contribution in [1.29, 1.82) is 0 Å². The number of ether oxygens (including phenoxy) is 2. The van der Waals surface area contributed by atoms with Gasteiger partial charge >= 0.3 is 0 Å². The van der Waals surface area contributed by atoms with E-state index in [0.29, 0.717) is 0 Å². The number of benzene rings is 2. The van der Waals surface area contributed by atoms with Crippen LogP contribution in [0.15, 0.2) is 58.3 Å². The summed E-state index contributed by atoms with van der Waals surface area (Å²) < 4.78 is 64.9. The molecule has 1 aliphatic rings. The van der Waals surface area contributed by atoms with Crippen LogP contribution >= 0.6 is 0 Å². The van der Waals surface area contributed by atoms with Crippen molar-refractivity contribution >= 4 is 15.5 Å². The summed E-state index contributed by atoms with van der Waals surface area (Å²) in [4.78, 5) is 12.1. The van der Waals surface area contributed by atoms with Gasteiger partial charge in [0.15, 0.2) is 16.4 Å². The molecule has 4 rings (SSSR count). The Kier molecular flexibility index (Phi) is 3.96. The first kappa shape index (κ1) is 17.8. The Hall–Kier alpha value is -3.60. The lowest BCUT2D eigenvalue weighted by Gasteiger charge is -2.22. The van der Waals surface area contributed by atoms with Gasteiger partial charge in [-0.1, -0.05) is 18.2 Å². The molecule has 0 amide bonds. The highest BCUT2D eigenvalue weighted by atomic mass is 32.2. The predicted molar refractivity (Wildman–Crippen MR) is 89.3 cm³/mol. The van der Waals surface area contributed by atoms with Crippen LogP contribution in [0.3, 0.4) is 0 Å². The number of fused-ring (bicyclic) bond motifs is 2. The number of rotatable bonds is 3. The van der Waals surface area contributed by atoms with Gasteiger partial charge in [0.05, 0.1) is 15.9 Å². The fourth-order valence-corrected chi connectivity index (χ4v) is 4.03. The summed E-state index contributed by atoms with van der Waals surface area (Å²) in [6.07, 6.45) is 0. The van der Waals surface area contributed by atoms with Crippen molar-refractivity contribution in [2.45, 2.75) is 9.79 Å². The summed E-state index contributed by atoms with van der Waals surface area (Å²) in [5, 5.41) is 10.9. The zero-order valence-electron chi connectivity index (χ0n) is 13.6. The van der Waals surface area contributed by atoms with E-state index in [0.717, 1.165) is 12.1 Å². The van der Waals surface area contributed by atoms with Gasteiger partial charge in [0.25, 0.3) is 17.5 Å². The second kappa shape index (κ2) is 6.23. The highest BCUT2D eigenvalue weighted by Crippen LogP contribution is 2.49. The third-order valence-electron chi connectivity index (χ3n) is 3.86. The summed E-state index contributed by atoms with van der Waals surface area (Å²) in [6, 6.07) is 10.0. The molecule has 0 N–H and O–H groups in total. The van der Waals surface area contributed by atoms with Crippen molar-refractivity contribution < 1.29 is 31.6 Å². The Balaban J connectivity index is 1.94. The van der Waals surface area contributed by atoms with E-state index < -0.39 is 43.1 Å². The van der Waals surface area contributed by atoms with Crippen molar-refractivity contribution in [3.05, 3.63) is 70.4 Å². The summed E-state index contributed by atoms with van der Waals surface area (Å²) in [7, 11) is -4.56. The van der Waals surface area contributed by atoms with Crippen LogP contribution in [-0.4, -0.2) is 18.3 Å². The Labute approximate surface area is 156 Å². The van der Waals surface area contributed by atoms with Crippen LogP contribution in [0.2, 0.25) is 0 Å². The van der Waals surface area contributed by atoms with Crippen LogP contribution in [0.4, 0.5) is 14.5 Å². The van der Waals surface area contributed by atoms with Gasteiger partial charge in [-0.05, 0) is 18.2 Å². The van der Waals surface area contributed by atoms with Crippen molar-refractivity contribution in [2.24, 2.45) is 0 Å². The second-order valence-electron chi connectivity index (χ2n) is 5.59. The molecule has 28 heavy (non-hydrogen) atoms. The van der Waals surface area contributed by atoms with Crippen LogP contribution in [-0.2, 0) is 9.84 Å². The maximum Gasteiger partial charge on any atom is 0.273 e. The Morgan fingerprint density at radius 3 is 2.39 bits per heavy atom. The fourth-order valence-electron chi connectivity index (χ4n) is 2.58. The van der Waals surface area contributed by atoms with Gasteiger partial charge in [-0.15, -0.1) is 0 Å². The molecule has 1 aliphatic heterocycles. The zero-order chi connectivity index (χ0) is 20.1. The average molecular weight is 406 g/mol. The second-order valence-corrected chi connectivity index (χ2v) is 7.48. The van der Waals surface area contributed by atoms with Crippen molar-refractivity contribution in [3.63, 3.8) is 0 Å². The van der Waals surface area contributed by atoms with Gasteiger partial charge in [-0.2, -0.15) is 9.37 Å². The van der Waals surface area contributed by atoms with E-state index in [-0.39, 0.29) is 22.1 Å². The number of nitrogens with zero attached hydrogens (tertiary/aromatic N) is 2. The number of nitro groups is 1. The van der Waals surface area contributed by atoms with E-state index >= 15 is 0 Å². The van der Waals surface area contributed by atoms with E-state index in [4.69, 9.17) is 9.47 Å². The van der Waals surface area contributed by atoms with E-state index in [2.05, 4.69) is 4.98 Å². The van der Waals surface area contributed by atoms with Crippen molar-refractivity contribution in [2.75, 3.05) is 0 Å². The lowest BCUT2D eigenvalue weighted by molar-refractivity contribution is -0.384. The van der Waals surface area contributed by atoms with Crippen molar-refractivity contribution in [3.8, 4) is 23.1 Å². The first-order valence-electron chi connectivity index (χ1n) is 7.62. The standard InChI is InChI=1S/C17H8F2N2O6S/c18-13-15(28(24,25)10-4-2-1-3-5-10)14-17(20-16(13)19)27-11-7-6-9(21(22)23)8-12(11)26-14/h1-8H. The first-order valence-corrected chi connectivity index (χ1v) is 9.10. The van der Waals surface area contributed by atoms with Gasteiger partial charge in [0, 0.05) is 6.07 Å². The molecule has 8 nitrogen and oxygen atoms in total. The molecule has 0 saturated heterocycles. The van der Waals surface area contributed by atoms with Crippen LogP contribution < -0.4 is 9.47 Å². The lowest BCUT2D eigenvalue weighted by Crippen LogP contribution is -2.13. The molecule has 1 aromatic heterocycles. The number of nitro benzene ring substituents is 1. The van der Waals surface area contributed by atoms with E-state index in [1.165, 1.54) is 30.3 Å². The minimum atomic E-state index is -4.56. The number of hydrogen-bond donors (Lipinski definition) is 0. The Bertz CT molecular complexity index is 1230. The minimum Gasteiger partial charge on any atom is -0.446 e. The van der Waals surface area contributed by atoms with Gasteiger partial charge < -0.3 is 9.47 Å². The van der Waals surface area contributed by atoms with Gasteiger partial charge in [-0.25, -0.2) is 12.8 Å². The molecule has 0 atom stereocenters. The van der Waals surface area contributed by atoms with E-state index in [1.54, 1.807) is 6.07 Å². The number of non-ortho nitro benzene ring substituents is 1. The molecule has 0 radical (unpaired) electrons. The smallest absolute Gasteiger partial charge is 0.273 e. The number of aromatic nitrogens is 1. The molecule has 2 heterocycles. The maximum atomic E-state index is 14.5. The molecule has 2 aromatic carbocycles. The lowest BCUT2D eigenvalue weighted by atomic mass is 10.2. The molecule has 0 bridgehead atoms. The summed E-state index contributed by atoms with van der Waals surface area (Å²) in [5.74, 6) is -5.06. The zero-order valence-corrected chi connectivity index (χ0v) is 14.4. The SMILES string of the molecule is O=[N+]([O-])c1ccc2c(c1)Oc1c(nc(F)c(F)c1S(=O)(=O)c1ccccc1)O2. The first-order chi connectivity index (χ1) is 13.3. The molecule has 11 heteroatoms. The maximum absolute atomic E-state index is 14.5. The molecule has 0 spiro atoms. The number of halogens is 2. The monoisotopic (exact) mass is 406 g/mol. The summed E-state index contributed by atoms with van der Waals surface area (Å²) in [6.45, 7) is 0. The Morgan fingerprint density at radius 2 is 1.71 bits per heavy atom. The predicted octanol–water partition coefficient (Wildman–Crippen LogP) is 4.00. The molecule has 0 aliphatic carbocycles. The average Bonchev–Trinajstić information content (AvgIpc) is 2.67. The van der Waals surface area contributed by atoms with Gasteiger partial charge in [0.2, 0.25) is 21.4 Å². The topological polar surface area (TPSA) is 109 Å². The number of hydrogen-bond acceptors (Lipinski definition) is 7. The normalized spacial score (nSPS) is 12.4. The number of pyridine rings is 1. The highest BCUT2D eigenvalue weighted by Gasteiger charge is 2.36. The largest absolute Gasteiger partial charge is 0.446 e. The van der Waals surface area contributed by atoms with Gasteiger partial charge in [-0.3, -0.25) is 10.1 Å². The summed E-state index contributed by atoms with van der Waals surface area (Å²) in [5.41, 5.74) is -0.367. The molecule has 0 unspecified atom stereocenters. The molecular formula is C17H8F2N2O6S. The molecule has 0 saturated carbocycles. The molecular weight excluding hydrogens is 398 g/mol. The third-order valence-corrected chi connectivity index (χ3v) is 5.65. The van der Waals surface area contributed by atoms with Crippen LogP contribution in [0, 0.1) is 21.9 Å². The fraction of sp³-hybridized carbons (Fsp3) is 0. The Morgan fingerprint density at radius 1 is 1.00 bits per heavy atom.